The number of rotatable bonds is 6. The van der Waals surface area contributed by atoms with E-state index in [1.807, 2.05) is 0 Å². The van der Waals surface area contributed by atoms with Crippen LogP contribution in [-0.2, 0) is 6.42 Å². The van der Waals surface area contributed by atoms with Crippen LogP contribution in [0.25, 0.3) is 0 Å². The molecule has 1 aromatic carbocycles. The molecule has 186 valence electrons. The van der Waals surface area contributed by atoms with E-state index in [1.54, 1.807) is 16.7 Å². The zero-order chi connectivity index (χ0) is 24.8. The molecule has 0 unspecified atom stereocenters. The van der Waals surface area contributed by atoms with E-state index in [0.29, 0.717) is 31.5 Å². The molecule has 2 aliphatic heterocycles. The van der Waals surface area contributed by atoms with Crippen molar-refractivity contribution in [1.82, 2.24) is 20.2 Å². The van der Waals surface area contributed by atoms with Crippen molar-refractivity contribution in [3.05, 3.63) is 35.9 Å². The number of aromatic nitrogens is 2. The van der Waals surface area contributed by atoms with Gasteiger partial charge in [-0.15, -0.1) is 11.8 Å². The number of likely N-dealkylation sites (tertiary alicyclic amines) is 1. The highest BCUT2D eigenvalue weighted by Crippen LogP contribution is 2.49. The van der Waals surface area contributed by atoms with Crippen molar-refractivity contribution in [2.45, 2.75) is 43.2 Å². The number of nitrogens with zero attached hydrogens (tertiary/aromatic N) is 3. The number of ether oxygens (including phenoxy) is 2. The van der Waals surface area contributed by atoms with Crippen molar-refractivity contribution in [2.24, 2.45) is 5.41 Å². The zero-order valence-corrected chi connectivity index (χ0v) is 20.1. The lowest BCUT2D eigenvalue weighted by molar-refractivity contribution is -0.158. The van der Waals surface area contributed by atoms with Crippen LogP contribution in [0.5, 0.6) is 11.5 Å². The highest BCUT2D eigenvalue weighted by Gasteiger charge is 2.54. The molecule has 1 aliphatic carbocycles. The Morgan fingerprint density at radius 1 is 1.26 bits per heavy atom. The molecule has 1 spiro atoms. The van der Waals surface area contributed by atoms with E-state index in [1.165, 1.54) is 31.6 Å². The molecule has 1 aromatic heterocycles. The second-order valence-electron chi connectivity index (χ2n) is 9.23. The van der Waals surface area contributed by atoms with Crippen molar-refractivity contribution in [2.75, 3.05) is 31.3 Å². The van der Waals surface area contributed by atoms with E-state index in [-0.39, 0.29) is 28.8 Å². The third kappa shape index (κ3) is 4.84. The van der Waals surface area contributed by atoms with Crippen molar-refractivity contribution < 1.29 is 27.8 Å². The first kappa shape index (κ1) is 23.6. The largest absolute Gasteiger partial charge is 0.495 e. The summed E-state index contributed by atoms with van der Waals surface area (Å²) in [4.78, 5) is 36.6. The molecule has 2 fully saturated rings. The molecule has 5 rings (SSSR count). The number of halogens is 2. The fraction of sp³-hybridized carbons (Fsp3) is 0.478. The van der Waals surface area contributed by atoms with Crippen LogP contribution in [0.2, 0.25) is 0 Å². The standard InChI is InChI=1S/C23H25F2N5O4S/c1-22(24,25)34-14-3-4-17(33-2)16(7-14)29-21(32)28-13-8-23(9-13)10-30(11-23)20(31)18-19-15(5-6-35-19)26-12-27-18/h3-4,7,12-13H,5-6,8-11H2,1-2H3,(H2,28,29,32). The van der Waals surface area contributed by atoms with E-state index in [9.17, 15) is 18.4 Å². The van der Waals surface area contributed by atoms with Gasteiger partial charge in [-0.05, 0) is 25.0 Å². The molecule has 1 saturated carbocycles. The number of methoxy groups -OCH3 is 1. The van der Waals surface area contributed by atoms with E-state index >= 15 is 0 Å². The molecule has 0 radical (unpaired) electrons. The number of carbonyl (C=O) groups excluding carboxylic acids is 2. The minimum Gasteiger partial charge on any atom is -0.495 e. The van der Waals surface area contributed by atoms with Crippen molar-refractivity contribution in [3.63, 3.8) is 0 Å². The van der Waals surface area contributed by atoms with Gasteiger partial charge in [0.1, 0.15) is 23.5 Å². The predicted octanol–water partition coefficient (Wildman–Crippen LogP) is 3.55. The van der Waals surface area contributed by atoms with Gasteiger partial charge in [0, 0.05) is 49.7 Å². The number of nitrogens with one attached hydrogen (secondary N) is 2. The van der Waals surface area contributed by atoms with Gasteiger partial charge in [-0.25, -0.2) is 14.8 Å². The van der Waals surface area contributed by atoms with E-state index < -0.39 is 12.1 Å². The Bertz CT molecular complexity index is 1160. The van der Waals surface area contributed by atoms with Gasteiger partial charge in [0.15, 0.2) is 0 Å². The van der Waals surface area contributed by atoms with Crippen LogP contribution in [0.3, 0.4) is 0 Å². The first-order valence-electron chi connectivity index (χ1n) is 11.2. The lowest BCUT2D eigenvalue weighted by Crippen LogP contribution is -2.67. The van der Waals surface area contributed by atoms with E-state index in [2.05, 4.69) is 25.3 Å². The average Bonchev–Trinajstić information content (AvgIpc) is 3.22. The quantitative estimate of drug-likeness (QED) is 0.619. The third-order valence-corrected chi connectivity index (χ3v) is 7.54. The first-order valence-corrected chi connectivity index (χ1v) is 12.2. The van der Waals surface area contributed by atoms with Crippen molar-refractivity contribution in [1.29, 1.82) is 0 Å². The molecule has 12 heteroatoms. The number of thioether (sulfide) groups is 1. The molecule has 35 heavy (non-hydrogen) atoms. The summed E-state index contributed by atoms with van der Waals surface area (Å²) in [6.07, 6.45) is 0.474. The maximum Gasteiger partial charge on any atom is 0.394 e. The van der Waals surface area contributed by atoms with Crippen LogP contribution < -0.4 is 20.1 Å². The topological polar surface area (TPSA) is 106 Å². The molecule has 3 amide bonds. The Labute approximate surface area is 205 Å². The second-order valence-corrected chi connectivity index (χ2v) is 10.3. The normalized spacial score (nSPS) is 18.3. The number of fused-ring (bicyclic) bond motifs is 1. The Morgan fingerprint density at radius 2 is 2.03 bits per heavy atom. The van der Waals surface area contributed by atoms with Crippen LogP contribution in [-0.4, -0.2) is 64.9 Å². The number of anilines is 1. The molecule has 3 aliphatic rings. The van der Waals surface area contributed by atoms with Gasteiger partial charge in [-0.3, -0.25) is 4.79 Å². The molecular weight excluding hydrogens is 480 g/mol. The Balaban J connectivity index is 1.12. The molecular formula is C23H25F2N5O4S. The molecule has 0 bridgehead atoms. The van der Waals surface area contributed by atoms with Gasteiger partial charge in [0.05, 0.1) is 23.4 Å². The van der Waals surface area contributed by atoms with Crippen molar-refractivity contribution in [3.8, 4) is 11.5 Å². The number of aryl methyl sites for hydroxylation is 1. The highest BCUT2D eigenvalue weighted by molar-refractivity contribution is 7.99. The SMILES string of the molecule is COc1ccc(OC(C)(F)F)cc1NC(=O)NC1CC2(C1)CN(C(=O)c1ncnc3c1SCC3)C2. The number of urea groups is 1. The lowest BCUT2D eigenvalue weighted by atomic mass is 9.60. The average molecular weight is 506 g/mol. The molecule has 9 nitrogen and oxygen atoms in total. The summed E-state index contributed by atoms with van der Waals surface area (Å²) in [6.45, 7) is 1.90. The highest BCUT2D eigenvalue weighted by atomic mass is 32.2. The van der Waals surface area contributed by atoms with Crippen LogP contribution in [0.4, 0.5) is 19.3 Å². The smallest absolute Gasteiger partial charge is 0.394 e. The summed E-state index contributed by atoms with van der Waals surface area (Å²) in [5, 5.41) is 5.54. The van der Waals surface area contributed by atoms with Gasteiger partial charge in [-0.1, -0.05) is 0 Å². The van der Waals surface area contributed by atoms with E-state index in [0.717, 1.165) is 35.6 Å². The third-order valence-electron chi connectivity index (χ3n) is 6.42. The lowest BCUT2D eigenvalue weighted by Gasteiger charge is -2.58. The zero-order valence-electron chi connectivity index (χ0n) is 19.3. The molecule has 2 N–H and O–H groups in total. The number of amides is 3. The maximum atomic E-state index is 13.2. The Kier molecular flexibility index (Phi) is 5.94. The number of alkyl halides is 2. The molecule has 2 aromatic rings. The Morgan fingerprint density at radius 3 is 2.74 bits per heavy atom. The second kappa shape index (κ2) is 8.81. The molecule has 3 heterocycles. The fourth-order valence-corrected chi connectivity index (χ4v) is 6.04. The van der Waals surface area contributed by atoms with Gasteiger partial charge < -0.3 is 25.0 Å². The molecule has 0 atom stereocenters. The van der Waals surface area contributed by atoms with Crippen LogP contribution in [0.15, 0.2) is 29.4 Å². The number of hydrogen-bond donors (Lipinski definition) is 2. The van der Waals surface area contributed by atoms with Gasteiger partial charge in [-0.2, -0.15) is 8.78 Å². The number of benzene rings is 1. The Hall–Kier alpha value is -3.15. The summed E-state index contributed by atoms with van der Waals surface area (Å²) in [5.74, 6) is 1.08. The number of carbonyl (C=O) groups is 2. The van der Waals surface area contributed by atoms with Crippen LogP contribution in [0.1, 0.15) is 35.9 Å². The summed E-state index contributed by atoms with van der Waals surface area (Å²) < 4.78 is 36.1. The van der Waals surface area contributed by atoms with Gasteiger partial charge in [0.25, 0.3) is 5.91 Å². The summed E-state index contributed by atoms with van der Waals surface area (Å²) in [7, 11) is 1.42. The monoisotopic (exact) mass is 505 g/mol. The van der Waals surface area contributed by atoms with E-state index in [4.69, 9.17) is 4.74 Å². The van der Waals surface area contributed by atoms with Crippen LogP contribution in [0, 0.1) is 5.41 Å². The predicted molar refractivity (Wildman–Crippen MR) is 124 cm³/mol. The van der Waals surface area contributed by atoms with Crippen molar-refractivity contribution >= 4 is 29.4 Å². The minimum atomic E-state index is -3.35. The fourth-order valence-electron chi connectivity index (χ4n) is 4.94. The summed E-state index contributed by atoms with van der Waals surface area (Å²) in [5.41, 5.74) is 1.66. The summed E-state index contributed by atoms with van der Waals surface area (Å²) >= 11 is 1.63. The number of hydrogen-bond acceptors (Lipinski definition) is 7. The van der Waals surface area contributed by atoms with Gasteiger partial charge in [0.2, 0.25) is 0 Å². The summed E-state index contributed by atoms with van der Waals surface area (Å²) in [6, 6.07) is 3.56. The maximum absolute atomic E-state index is 13.2. The van der Waals surface area contributed by atoms with Crippen LogP contribution >= 0.6 is 11.8 Å². The van der Waals surface area contributed by atoms with Gasteiger partial charge >= 0.3 is 12.1 Å². The molecule has 1 saturated heterocycles. The first-order chi connectivity index (χ1) is 16.6. The minimum absolute atomic E-state index is 0.00904.